The largest absolute Gasteiger partial charge is 0.351 e. The predicted molar refractivity (Wildman–Crippen MR) is 82.1 cm³/mol. The van der Waals surface area contributed by atoms with Crippen molar-refractivity contribution in [1.82, 2.24) is 15.0 Å². The first kappa shape index (κ1) is 14.7. The Balaban J connectivity index is 2.34. The van der Waals surface area contributed by atoms with Crippen LogP contribution in [0.2, 0.25) is 5.15 Å². The molecule has 0 N–H and O–H groups in total. The Morgan fingerprint density at radius 3 is 2.60 bits per heavy atom. The molecule has 4 nitrogen and oxygen atoms in total. The third-order valence-corrected chi connectivity index (χ3v) is 3.55. The SMILES string of the molecule is CCc1nc(Cl)c(C)c(N(CC)Cc2ccccn2)n1. The Morgan fingerprint density at radius 2 is 2.00 bits per heavy atom. The number of pyridine rings is 1. The molecule has 2 rings (SSSR count). The van der Waals surface area contributed by atoms with Crippen LogP contribution in [-0.4, -0.2) is 21.5 Å². The van der Waals surface area contributed by atoms with E-state index in [0.29, 0.717) is 11.7 Å². The van der Waals surface area contributed by atoms with E-state index in [9.17, 15) is 0 Å². The van der Waals surface area contributed by atoms with E-state index in [1.54, 1.807) is 6.20 Å². The fraction of sp³-hybridized carbons (Fsp3) is 0.400. The third kappa shape index (κ3) is 3.25. The monoisotopic (exact) mass is 290 g/mol. The molecule has 106 valence electrons. The van der Waals surface area contributed by atoms with E-state index < -0.39 is 0 Å². The van der Waals surface area contributed by atoms with E-state index in [1.807, 2.05) is 32.0 Å². The van der Waals surface area contributed by atoms with E-state index in [0.717, 1.165) is 35.9 Å². The topological polar surface area (TPSA) is 41.9 Å². The van der Waals surface area contributed by atoms with Crippen LogP contribution in [-0.2, 0) is 13.0 Å². The van der Waals surface area contributed by atoms with Gasteiger partial charge >= 0.3 is 0 Å². The molecule has 2 aromatic rings. The zero-order valence-corrected chi connectivity index (χ0v) is 12.9. The molecule has 2 aromatic heterocycles. The molecule has 0 amide bonds. The van der Waals surface area contributed by atoms with Crippen molar-refractivity contribution in [2.24, 2.45) is 0 Å². The van der Waals surface area contributed by atoms with E-state index in [1.165, 1.54) is 0 Å². The smallest absolute Gasteiger partial charge is 0.137 e. The molecular formula is C15H19ClN4. The molecule has 0 saturated carbocycles. The average molecular weight is 291 g/mol. The Kier molecular flexibility index (Phi) is 4.90. The standard InChI is InChI=1S/C15H19ClN4/c1-4-13-18-14(16)11(3)15(19-13)20(5-2)10-12-8-6-7-9-17-12/h6-9H,4-5,10H2,1-3H3. The maximum atomic E-state index is 6.21. The molecule has 0 aliphatic heterocycles. The van der Waals surface area contributed by atoms with Crippen molar-refractivity contribution >= 4 is 17.4 Å². The fourth-order valence-electron chi connectivity index (χ4n) is 2.01. The normalized spacial score (nSPS) is 10.6. The number of aryl methyl sites for hydroxylation is 1. The molecule has 0 radical (unpaired) electrons. The van der Waals surface area contributed by atoms with E-state index in [-0.39, 0.29) is 0 Å². The van der Waals surface area contributed by atoms with Gasteiger partial charge in [-0.3, -0.25) is 4.98 Å². The van der Waals surface area contributed by atoms with Crippen LogP contribution in [0.1, 0.15) is 30.9 Å². The Hall–Kier alpha value is -1.68. The lowest BCUT2D eigenvalue weighted by Crippen LogP contribution is -2.25. The van der Waals surface area contributed by atoms with Crippen molar-refractivity contribution in [1.29, 1.82) is 0 Å². The summed E-state index contributed by atoms with van der Waals surface area (Å²) in [7, 11) is 0. The lowest BCUT2D eigenvalue weighted by atomic mass is 10.2. The molecule has 2 heterocycles. The minimum absolute atomic E-state index is 0.534. The number of rotatable bonds is 5. The first-order valence-corrected chi connectivity index (χ1v) is 7.21. The molecule has 0 saturated heterocycles. The zero-order chi connectivity index (χ0) is 14.5. The van der Waals surface area contributed by atoms with Gasteiger partial charge in [-0.25, -0.2) is 9.97 Å². The van der Waals surface area contributed by atoms with Gasteiger partial charge in [0.1, 0.15) is 16.8 Å². The summed E-state index contributed by atoms with van der Waals surface area (Å²) in [5.74, 6) is 1.67. The second-order valence-electron chi connectivity index (χ2n) is 4.57. The van der Waals surface area contributed by atoms with Gasteiger partial charge in [-0.2, -0.15) is 0 Å². The number of aromatic nitrogens is 3. The van der Waals surface area contributed by atoms with Crippen molar-refractivity contribution in [3.05, 3.63) is 46.6 Å². The summed E-state index contributed by atoms with van der Waals surface area (Å²) in [6, 6.07) is 5.93. The van der Waals surface area contributed by atoms with Gasteiger partial charge in [-0.1, -0.05) is 24.6 Å². The van der Waals surface area contributed by atoms with Crippen LogP contribution in [0.4, 0.5) is 5.82 Å². The van der Waals surface area contributed by atoms with Crippen LogP contribution in [0.3, 0.4) is 0 Å². The number of anilines is 1. The lowest BCUT2D eigenvalue weighted by Gasteiger charge is -2.24. The first-order valence-electron chi connectivity index (χ1n) is 6.83. The van der Waals surface area contributed by atoms with Gasteiger partial charge in [0, 0.05) is 24.7 Å². The number of halogens is 1. The average Bonchev–Trinajstić information content (AvgIpc) is 2.48. The van der Waals surface area contributed by atoms with Crippen LogP contribution in [0.5, 0.6) is 0 Å². The Labute approximate surface area is 124 Å². The second kappa shape index (κ2) is 6.66. The van der Waals surface area contributed by atoms with Crippen molar-refractivity contribution in [3.8, 4) is 0 Å². The maximum Gasteiger partial charge on any atom is 0.137 e. The van der Waals surface area contributed by atoms with Crippen LogP contribution in [0, 0.1) is 6.92 Å². The Bertz CT molecular complexity index is 572. The van der Waals surface area contributed by atoms with Crippen molar-refractivity contribution < 1.29 is 0 Å². The molecule has 0 atom stereocenters. The van der Waals surface area contributed by atoms with Gasteiger partial charge in [-0.05, 0) is 26.0 Å². The fourth-order valence-corrected chi connectivity index (χ4v) is 2.19. The molecule has 0 aromatic carbocycles. The summed E-state index contributed by atoms with van der Waals surface area (Å²) in [6.45, 7) is 7.64. The van der Waals surface area contributed by atoms with E-state index in [4.69, 9.17) is 11.6 Å². The highest BCUT2D eigenvalue weighted by atomic mass is 35.5. The van der Waals surface area contributed by atoms with Crippen LogP contribution >= 0.6 is 11.6 Å². The highest BCUT2D eigenvalue weighted by Crippen LogP contribution is 2.24. The summed E-state index contributed by atoms with van der Waals surface area (Å²) < 4.78 is 0. The van der Waals surface area contributed by atoms with Gasteiger partial charge in [0.25, 0.3) is 0 Å². The first-order chi connectivity index (χ1) is 9.65. The molecule has 0 spiro atoms. The summed E-state index contributed by atoms with van der Waals surface area (Å²) in [5, 5.41) is 0.534. The van der Waals surface area contributed by atoms with Gasteiger partial charge in [-0.15, -0.1) is 0 Å². The lowest BCUT2D eigenvalue weighted by molar-refractivity contribution is 0.775. The molecule has 0 aliphatic carbocycles. The minimum atomic E-state index is 0.534. The molecule has 0 aliphatic rings. The molecule has 20 heavy (non-hydrogen) atoms. The molecular weight excluding hydrogens is 272 g/mol. The summed E-state index contributed by atoms with van der Waals surface area (Å²) >= 11 is 6.21. The van der Waals surface area contributed by atoms with E-state index in [2.05, 4.69) is 26.8 Å². The molecule has 0 fully saturated rings. The summed E-state index contributed by atoms with van der Waals surface area (Å²) in [6.07, 6.45) is 2.58. The van der Waals surface area contributed by atoms with Crippen LogP contribution in [0.25, 0.3) is 0 Å². The summed E-state index contributed by atoms with van der Waals surface area (Å²) in [4.78, 5) is 15.4. The minimum Gasteiger partial charge on any atom is -0.351 e. The number of hydrogen-bond acceptors (Lipinski definition) is 4. The maximum absolute atomic E-state index is 6.21. The van der Waals surface area contributed by atoms with Crippen molar-refractivity contribution in [3.63, 3.8) is 0 Å². The van der Waals surface area contributed by atoms with Crippen LogP contribution in [0.15, 0.2) is 24.4 Å². The van der Waals surface area contributed by atoms with E-state index >= 15 is 0 Å². The quantitative estimate of drug-likeness (QED) is 0.791. The Morgan fingerprint density at radius 1 is 1.20 bits per heavy atom. The highest BCUT2D eigenvalue weighted by molar-refractivity contribution is 6.30. The number of hydrogen-bond donors (Lipinski definition) is 0. The van der Waals surface area contributed by atoms with Crippen LogP contribution < -0.4 is 4.90 Å². The van der Waals surface area contributed by atoms with Gasteiger partial charge < -0.3 is 4.90 Å². The molecule has 0 unspecified atom stereocenters. The third-order valence-electron chi connectivity index (χ3n) is 3.18. The zero-order valence-electron chi connectivity index (χ0n) is 12.1. The van der Waals surface area contributed by atoms with Gasteiger partial charge in [0.15, 0.2) is 0 Å². The van der Waals surface area contributed by atoms with Crippen molar-refractivity contribution in [2.45, 2.75) is 33.7 Å². The van der Waals surface area contributed by atoms with Crippen molar-refractivity contribution in [2.75, 3.05) is 11.4 Å². The van der Waals surface area contributed by atoms with Gasteiger partial charge in [0.05, 0.1) is 12.2 Å². The number of nitrogens with zero attached hydrogens (tertiary/aromatic N) is 4. The molecule has 0 bridgehead atoms. The highest BCUT2D eigenvalue weighted by Gasteiger charge is 2.15. The molecule has 5 heteroatoms. The second-order valence-corrected chi connectivity index (χ2v) is 4.93. The van der Waals surface area contributed by atoms with Gasteiger partial charge in [0.2, 0.25) is 0 Å². The summed E-state index contributed by atoms with van der Waals surface area (Å²) in [5.41, 5.74) is 1.93. The predicted octanol–water partition coefficient (Wildman–Crippen LogP) is 3.42.